The Labute approximate surface area is 102 Å². The molecule has 2 aliphatic carbocycles. The van der Waals surface area contributed by atoms with Gasteiger partial charge in [-0.1, -0.05) is 17.7 Å². The zero-order valence-electron chi connectivity index (χ0n) is 10.2. The van der Waals surface area contributed by atoms with Crippen molar-refractivity contribution < 1.29 is 9.53 Å². The van der Waals surface area contributed by atoms with Gasteiger partial charge in [0.2, 0.25) is 0 Å². The SMILES string of the molecule is Cc1cccc(C(=O)OC2CC3CCC2C3)c1. The fourth-order valence-electron chi connectivity index (χ4n) is 3.31. The molecule has 2 saturated carbocycles. The first-order valence-electron chi connectivity index (χ1n) is 6.50. The highest BCUT2D eigenvalue weighted by molar-refractivity contribution is 5.89. The highest BCUT2D eigenvalue weighted by Crippen LogP contribution is 2.46. The van der Waals surface area contributed by atoms with Crippen LogP contribution in [0.25, 0.3) is 0 Å². The molecule has 0 heterocycles. The number of ether oxygens (including phenoxy) is 1. The summed E-state index contributed by atoms with van der Waals surface area (Å²) in [6.45, 7) is 1.99. The van der Waals surface area contributed by atoms with Crippen LogP contribution in [-0.4, -0.2) is 12.1 Å². The Kier molecular flexibility index (Phi) is 2.65. The highest BCUT2D eigenvalue weighted by atomic mass is 16.5. The zero-order chi connectivity index (χ0) is 11.8. The summed E-state index contributed by atoms with van der Waals surface area (Å²) in [6, 6.07) is 7.64. The largest absolute Gasteiger partial charge is 0.458 e. The number of hydrogen-bond acceptors (Lipinski definition) is 2. The number of fused-ring (bicyclic) bond motifs is 2. The summed E-state index contributed by atoms with van der Waals surface area (Å²) in [5.74, 6) is 1.30. The third-order valence-electron chi connectivity index (χ3n) is 4.19. The normalized spacial score (nSPS) is 30.5. The Morgan fingerprint density at radius 2 is 2.18 bits per heavy atom. The second-order valence-electron chi connectivity index (χ2n) is 5.49. The summed E-state index contributed by atoms with van der Waals surface area (Å²) in [6.07, 6.45) is 5.12. The summed E-state index contributed by atoms with van der Waals surface area (Å²) >= 11 is 0. The molecule has 0 amide bonds. The van der Waals surface area contributed by atoms with Gasteiger partial charge in [0.15, 0.2) is 0 Å². The number of benzene rings is 1. The Morgan fingerprint density at radius 3 is 2.82 bits per heavy atom. The second-order valence-corrected chi connectivity index (χ2v) is 5.49. The van der Waals surface area contributed by atoms with Crippen LogP contribution in [-0.2, 0) is 4.74 Å². The molecule has 3 rings (SSSR count). The fourth-order valence-corrected chi connectivity index (χ4v) is 3.31. The molecule has 2 heteroatoms. The number of carbonyl (C=O) groups is 1. The molecule has 1 aromatic rings. The Morgan fingerprint density at radius 1 is 1.29 bits per heavy atom. The standard InChI is InChI=1S/C15H18O2/c1-10-3-2-4-13(7-10)15(16)17-14-9-11-5-6-12(14)8-11/h2-4,7,11-12,14H,5-6,8-9H2,1H3. The number of esters is 1. The first-order valence-corrected chi connectivity index (χ1v) is 6.50. The van der Waals surface area contributed by atoms with Crippen LogP contribution in [0.15, 0.2) is 24.3 Å². The molecule has 0 aromatic heterocycles. The van der Waals surface area contributed by atoms with Crippen LogP contribution in [0, 0.1) is 18.8 Å². The Bertz CT molecular complexity index is 438. The number of rotatable bonds is 2. The van der Waals surface area contributed by atoms with Crippen molar-refractivity contribution in [2.45, 2.75) is 38.7 Å². The van der Waals surface area contributed by atoms with Crippen molar-refractivity contribution in [1.29, 1.82) is 0 Å². The monoisotopic (exact) mass is 230 g/mol. The third-order valence-corrected chi connectivity index (χ3v) is 4.19. The van der Waals surface area contributed by atoms with Gasteiger partial charge in [-0.15, -0.1) is 0 Å². The molecule has 3 unspecified atom stereocenters. The number of hydrogen-bond donors (Lipinski definition) is 0. The summed E-state index contributed by atoms with van der Waals surface area (Å²) < 4.78 is 5.65. The molecular formula is C15H18O2. The third kappa shape index (κ3) is 2.08. The van der Waals surface area contributed by atoms with Crippen molar-refractivity contribution in [3.8, 4) is 0 Å². The molecule has 17 heavy (non-hydrogen) atoms. The van der Waals surface area contributed by atoms with Crippen LogP contribution >= 0.6 is 0 Å². The van der Waals surface area contributed by atoms with Crippen molar-refractivity contribution in [3.05, 3.63) is 35.4 Å². The average molecular weight is 230 g/mol. The van der Waals surface area contributed by atoms with Crippen LogP contribution < -0.4 is 0 Å². The molecule has 3 atom stereocenters. The van der Waals surface area contributed by atoms with Gasteiger partial charge in [-0.2, -0.15) is 0 Å². The maximum atomic E-state index is 12.0. The average Bonchev–Trinajstić information content (AvgIpc) is 2.91. The second kappa shape index (κ2) is 4.17. The molecule has 0 aliphatic heterocycles. The zero-order valence-corrected chi connectivity index (χ0v) is 10.2. The lowest BCUT2D eigenvalue weighted by atomic mass is 9.98. The summed E-state index contributed by atoms with van der Waals surface area (Å²) in [4.78, 5) is 12.0. The Balaban J connectivity index is 1.68. The number of carbonyl (C=O) groups excluding carboxylic acids is 1. The molecule has 0 saturated heterocycles. The highest BCUT2D eigenvalue weighted by Gasteiger charge is 2.41. The maximum Gasteiger partial charge on any atom is 0.338 e. The summed E-state index contributed by atoms with van der Waals surface area (Å²) in [5.41, 5.74) is 1.79. The van der Waals surface area contributed by atoms with Crippen molar-refractivity contribution in [3.63, 3.8) is 0 Å². The van der Waals surface area contributed by atoms with Crippen LogP contribution in [0.4, 0.5) is 0 Å². The lowest BCUT2D eigenvalue weighted by Crippen LogP contribution is -2.24. The molecule has 2 nitrogen and oxygen atoms in total. The molecule has 0 spiro atoms. The lowest BCUT2D eigenvalue weighted by molar-refractivity contribution is 0.0158. The van der Waals surface area contributed by atoms with Crippen LogP contribution in [0.1, 0.15) is 41.6 Å². The van der Waals surface area contributed by atoms with Gasteiger partial charge in [0.1, 0.15) is 6.10 Å². The quantitative estimate of drug-likeness (QED) is 0.728. The van der Waals surface area contributed by atoms with Crippen LogP contribution in [0.2, 0.25) is 0 Å². The smallest absolute Gasteiger partial charge is 0.338 e. The van der Waals surface area contributed by atoms with Crippen molar-refractivity contribution in [2.24, 2.45) is 11.8 Å². The maximum absolute atomic E-state index is 12.0. The molecule has 2 aliphatic rings. The predicted octanol–water partition coefficient (Wildman–Crippen LogP) is 3.34. The summed E-state index contributed by atoms with van der Waals surface area (Å²) in [7, 11) is 0. The number of aryl methyl sites for hydroxylation is 1. The van der Waals surface area contributed by atoms with E-state index in [4.69, 9.17) is 4.74 Å². The van der Waals surface area contributed by atoms with E-state index in [0.29, 0.717) is 11.5 Å². The van der Waals surface area contributed by atoms with Crippen LogP contribution in [0.3, 0.4) is 0 Å². The predicted molar refractivity (Wildman–Crippen MR) is 65.8 cm³/mol. The molecule has 0 N–H and O–H groups in total. The van der Waals surface area contributed by atoms with Gasteiger partial charge in [-0.05, 0) is 56.6 Å². The van der Waals surface area contributed by atoms with Crippen LogP contribution in [0.5, 0.6) is 0 Å². The minimum atomic E-state index is -0.147. The molecule has 90 valence electrons. The van der Waals surface area contributed by atoms with E-state index >= 15 is 0 Å². The molecule has 1 aromatic carbocycles. The van der Waals surface area contributed by atoms with Crippen molar-refractivity contribution >= 4 is 5.97 Å². The minimum absolute atomic E-state index is 0.147. The van der Waals surface area contributed by atoms with Crippen molar-refractivity contribution in [2.75, 3.05) is 0 Å². The first-order chi connectivity index (χ1) is 8.22. The minimum Gasteiger partial charge on any atom is -0.458 e. The van der Waals surface area contributed by atoms with E-state index < -0.39 is 0 Å². The Hall–Kier alpha value is -1.31. The van der Waals surface area contributed by atoms with E-state index in [0.717, 1.165) is 17.9 Å². The fraction of sp³-hybridized carbons (Fsp3) is 0.533. The summed E-state index contributed by atoms with van der Waals surface area (Å²) in [5, 5.41) is 0. The van der Waals surface area contributed by atoms with Gasteiger partial charge in [0.05, 0.1) is 5.56 Å². The van der Waals surface area contributed by atoms with Gasteiger partial charge in [0, 0.05) is 0 Å². The van der Waals surface area contributed by atoms with E-state index in [1.807, 2.05) is 31.2 Å². The van der Waals surface area contributed by atoms with Gasteiger partial charge in [-0.3, -0.25) is 0 Å². The van der Waals surface area contributed by atoms with E-state index in [-0.39, 0.29) is 12.1 Å². The van der Waals surface area contributed by atoms with E-state index in [2.05, 4.69) is 0 Å². The van der Waals surface area contributed by atoms with Gasteiger partial charge >= 0.3 is 5.97 Å². The van der Waals surface area contributed by atoms with Gasteiger partial charge in [-0.25, -0.2) is 4.79 Å². The molecule has 0 radical (unpaired) electrons. The first kappa shape index (κ1) is 10.8. The van der Waals surface area contributed by atoms with Gasteiger partial charge in [0.25, 0.3) is 0 Å². The van der Waals surface area contributed by atoms with E-state index in [9.17, 15) is 4.79 Å². The lowest BCUT2D eigenvalue weighted by Gasteiger charge is -2.21. The molecule has 2 fully saturated rings. The van der Waals surface area contributed by atoms with Crippen molar-refractivity contribution in [1.82, 2.24) is 0 Å². The van der Waals surface area contributed by atoms with Gasteiger partial charge < -0.3 is 4.74 Å². The molecule has 2 bridgehead atoms. The molecular weight excluding hydrogens is 212 g/mol. The topological polar surface area (TPSA) is 26.3 Å². The van der Waals surface area contributed by atoms with E-state index in [1.54, 1.807) is 0 Å². The van der Waals surface area contributed by atoms with E-state index in [1.165, 1.54) is 19.3 Å².